The number of nitrogens with zero attached hydrogens (tertiary/aromatic N) is 1. The highest BCUT2D eigenvalue weighted by Crippen LogP contribution is 2.20. The molecule has 0 spiro atoms. The van der Waals surface area contributed by atoms with Crippen LogP contribution >= 0.6 is 0 Å². The first-order valence-electron chi connectivity index (χ1n) is 4.35. The molecule has 0 saturated carbocycles. The van der Waals surface area contributed by atoms with Crippen molar-refractivity contribution < 1.29 is 4.79 Å². The third-order valence-corrected chi connectivity index (χ3v) is 1.98. The highest BCUT2D eigenvalue weighted by Gasteiger charge is 2.06. The molecule has 1 heterocycles. The molecule has 2 aromatic rings. The number of carbonyl (C=O) groups is 1. The molecular formula is C11H10N2O. The van der Waals surface area contributed by atoms with E-state index in [0.717, 1.165) is 17.9 Å². The smallest absolute Gasteiger partial charge is 0.219 e. The average molecular weight is 186 g/mol. The molecule has 0 aliphatic carbocycles. The van der Waals surface area contributed by atoms with Gasteiger partial charge in [-0.3, -0.25) is 9.69 Å². The van der Waals surface area contributed by atoms with Crippen LogP contribution in [0.25, 0.3) is 0 Å². The Balaban J connectivity index is 2.36. The summed E-state index contributed by atoms with van der Waals surface area (Å²) in [6.45, 7) is 0. The van der Waals surface area contributed by atoms with Gasteiger partial charge in [0.15, 0.2) is 0 Å². The monoisotopic (exact) mass is 186 g/mol. The van der Waals surface area contributed by atoms with Crippen LogP contribution in [0.4, 0.5) is 11.5 Å². The van der Waals surface area contributed by atoms with E-state index in [2.05, 4.69) is 4.98 Å². The number of benzene rings is 1. The number of hydrogen-bond donors (Lipinski definition) is 1. The zero-order chi connectivity index (χ0) is 9.80. The lowest BCUT2D eigenvalue weighted by Crippen LogP contribution is -2.13. The van der Waals surface area contributed by atoms with Crippen molar-refractivity contribution in [3.63, 3.8) is 0 Å². The van der Waals surface area contributed by atoms with Crippen LogP contribution in [-0.2, 0) is 4.79 Å². The fraction of sp³-hybridized carbons (Fsp3) is 0. The van der Waals surface area contributed by atoms with Crippen molar-refractivity contribution in [2.45, 2.75) is 0 Å². The lowest BCUT2D eigenvalue weighted by Gasteiger charge is -2.14. The highest BCUT2D eigenvalue weighted by atomic mass is 16.1. The van der Waals surface area contributed by atoms with Crippen molar-refractivity contribution in [3.05, 3.63) is 48.7 Å². The lowest BCUT2D eigenvalue weighted by molar-refractivity contribution is -0.106. The molecule has 0 fully saturated rings. The molecule has 0 saturated heterocycles. The van der Waals surface area contributed by atoms with Crippen LogP contribution in [-0.4, -0.2) is 11.4 Å². The molecule has 1 amide bonds. The van der Waals surface area contributed by atoms with E-state index in [4.69, 9.17) is 0 Å². The van der Waals surface area contributed by atoms with E-state index in [1.165, 1.54) is 0 Å². The summed E-state index contributed by atoms with van der Waals surface area (Å²) in [5.74, 6) is 0.770. The summed E-state index contributed by atoms with van der Waals surface area (Å²) in [6, 6.07) is 13.2. The van der Waals surface area contributed by atoms with Crippen LogP contribution in [0.15, 0.2) is 48.7 Å². The number of H-pyrrole nitrogens is 1. The minimum Gasteiger partial charge on any atom is -0.348 e. The Hall–Kier alpha value is -2.03. The maximum atomic E-state index is 10.9. The summed E-state index contributed by atoms with van der Waals surface area (Å²) >= 11 is 0. The van der Waals surface area contributed by atoms with E-state index in [1.54, 1.807) is 11.1 Å². The van der Waals surface area contributed by atoms with Gasteiger partial charge in [-0.2, -0.15) is 0 Å². The zero-order valence-corrected chi connectivity index (χ0v) is 7.55. The van der Waals surface area contributed by atoms with E-state index in [0.29, 0.717) is 0 Å². The summed E-state index contributed by atoms with van der Waals surface area (Å²) < 4.78 is 0. The van der Waals surface area contributed by atoms with E-state index >= 15 is 0 Å². The molecule has 0 aliphatic heterocycles. The minimum atomic E-state index is 0.770. The van der Waals surface area contributed by atoms with Gasteiger partial charge in [0.05, 0.1) is 5.69 Å². The number of anilines is 2. The van der Waals surface area contributed by atoms with Crippen LogP contribution in [0, 0.1) is 0 Å². The summed E-state index contributed by atoms with van der Waals surface area (Å²) in [7, 11) is 0. The van der Waals surface area contributed by atoms with Gasteiger partial charge in [0.2, 0.25) is 6.41 Å². The molecule has 0 aliphatic rings. The summed E-state index contributed by atoms with van der Waals surface area (Å²) in [5.41, 5.74) is 0.852. The fourth-order valence-corrected chi connectivity index (χ4v) is 1.32. The maximum absolute atomic E-state index is 10.9. The Bertz CT molecular complexity index is 394. The van der Waals surface area contributed by atoms with Gasteiger partial charge in [-0.25, -0.2) is 0 Å². The molecule has 1 aromatic heterocycles. The van der Waals surface area contributed by atoms with Crippen molar-refractivity contribution in [1.82, 2.24) is 4.98 Å². The number of aromatic amines is 1. The van der Waals surface area contributed by atoms with Gasteiger partial charge in [0.1, 0.15) is 5.82 Å². The van der Waals surface area contributed by atoms with Gasteiger partial charge in [0, 0.05) is 6.20 Å². The third kappa shape index (κ3) is 1.52. The number of amides is 1. The third-order valence-electron chi connectivity index (χ3n) is 1.98. The summed E-state index contributed by atoms with van der Waals surface area (Å²) in [4.78, 5) is 15.4. The van der Waals surface area contributed by atoms with Gasteiger partial charge >= 0.3 is 0 Å². The predicted octanol–water partition coefficient (Wildman–Crippen LogP) is 2.31. The highest BCUT2D eigenvalue weighted by molar-refractivity contribution is 5.84. The van der Waals surface area contributed by atoms with Crippen molar-refractivity contribution >= 4 is 17.9 Å². The molecule has 0 atom stereocenters. The Kier molecular flexibility index (Phi) is 2.32. The zero-order valence-electron chi connectivity index (χ0n) is 7.55. The first-order valence-corrected chi connectivity index (χ1v) is 4.35. The molecule has 0 unspecified atom stereocenters. The van der Waals surface area contributed by atoms with E-state index in [9.17, 15) is 4.79 Å². The number of hydrogen-bond acceptors (Lipinski definition) is 1. The van der Waals surface area contributed by atoms with Gasteiger partial charge in [-0.1, -0.05) is 18.2 Å². The van der Waals surface area contributed by atoms with Gasteiger partial charge in [-0.15, -0.1) is 0 Å². The molecule has 14 heavy (non-hydrogen) atoms. The van der Waals surface area contributed by atoms with Gasteiger partial charge < -0.3 is 4.98 Å². The van der Waals surface area contributed by atoms with Crippen molar-refractivity contribution in [3.8, 4) is 0 Å². The van der Waals surface area contributed by atoms with E-state index in [-0.39, 0.29) is 0 Å². The second-order valence-electron chi connectivity index (χ2n) is 2.87. The molecule has 3 nitrogen and oxygen atoms in total. The molecule has 1 aromatic carbocycles. The first kappa shape index (κ1) is 8.56. The Morgan fingerprint density at radius 3 is 2.43 bits per heavy atom. The Labute approximate surface area is 82.0 Å². The number of carbonyl (C=O) groups excluding carboxylic acids is 1. The number of aromatic nitrogens is 1. The molecule has 0 bridgehead atoms. The fourth-order valence-electron chi connectivity index (χ4n) is 1.32. The lowest BCUT2D eigenvalue weighted by atomic mass is 10.3. The van der Waals surface area contributed by atoms with Gasteiger partial charge in [-0.05, 0) is 24.3 Å². The maximum Gasteiger partial charge on any atom is 0.219 e. The quantitative estimate of drug-likeness (QED) is 0.733. The Morgan fingerprint density at radius 2 is 1.86 bits per heavy atom. The molecular weight excluding hydrogens is 176 g/mol. The standard InChI is InChI=1S/C11H10N2O/c14-9-13(11-7-4-8-12-11)10-5-2-1-3-6-10/h1-9,12H. The second kappa shape index (κ2) is 3.79. The van der Waals surface area contributed by atoms with Crippen LogP contribution in [0.5, 0.6) is 0 Å². The minimum absolute atomic E-state index is 0.770. The van der Waals surface area contributed by atoms with Crippen LogP contribution in [0.2, 0.25) is 0 Å². The number of para-hydroxylation sites is 1. The topological polar surface area (TPSA) is 36.1 Å². The molecule has 70 valence electrons. The molecule has 2 rings (SSSR count). The number of nitrogens with one attached hydrogen (secondary N) is 1. The van der Waals surface area contributed by atoms with Crippen molar-refractivity contribution in [1.29, 1.82) is 0 Å². The van der Waals surface area contributed by atoms with E-state index < -0.39 is 0 Å². The summed E-state index contributed by atoms with van der Waals surface area (Å²) in [6.07, 6.45) is 2.58. The SMILES string of the molecule is O=CN(c1ccccc1)c1ccc[nH]1. The predicted molar refractivity (Wildman–Crippen MR) is 55.4 cm³/mol. The van der Waals surface area contributed by atoms with Crippen LogP contribution in [0.3, 0.4) is 0 Å². The first-order chi connectivity index (χ1) is 6.92. The largest absolute Gasteiger partial charge is 0.348 e. The normalized spacial score (nSPS) is 9.71. The second-order valence-corrected chi connectivity index (χ2v) is 2.87. The van der Waals surface area contributed by atoms with Crippen LogP contribution in [0.1, 0.15) is 0 Å². The number of rotatable bonds is 3. The van der Waals surface area contributed by atoms with Crippen molar-refractivity contribution in [2.24, 2.45) is 0 Å². The summed E-state index contributed by atoms with van der Waals surface area (Å²) in [5, 5.41) is 0. The Morgan fingerprint density at radius 1 is 1.07 bits per heavy atom. The average Bonchev–Trinajstić information content (AvgIpc) is 2.74. The van der Waals surface area contributed by atoms with Crippen molar-refractivity contribution in [2.75, 3.05) is 4.90 Å². The molecule has 3 heteroatoms. The van der Waals surface area contributed by atoms with Gasteiger partial charge in [0.25, 0.3) is 0 Å². The molecule has 0 radical (unpaired) electrons. The molecule has 1 N–H and O–H groups in total. The van der Waals surface area contributed by atoms with Crippen LogP contribution < -0.4 is 4.90 Å². The van der Waals surface area contributed by atoms with E-state index in [1.807, 2.05) is 42.5 Å².